The van der Waals surface area contributed by atoms with E-state index in [1.807, 2.05) is 75.4 Å². The third-order valence-electron chi connectivity index (χ3n) is 5.35. The van der Waals surface area contributed by atoms with Crippen molar-refractivity contribution in [2.45, 2.75) is 45.8 Å². The highest BCUT2D eigenvalue weighted by atomic mass is 35.5. The van der Waals surface area contributed by atoms with E-state index in [9.17, 15) is 9.59 Å². The molecule has 1 atom stereocenters. The molecule has 178 valence electrons. The van der Waals surface area contributed by atoms with Crippen molar-refractivity contribution in [3.63, 3.8) is 0 Å². The molecule has 3 aromatic rings. The summed E-state index contributed by atoms with van der Waals surface area (Å²) in [5.41, 5.74) is 3.05. The lowest BCUT2D eigenvalue weighted by Gasteiger charge is -2.32. The standard InChI is InChI=1S/C28H31ClN2O3/c1-20(2)30-28(33)26(17-22-7-5-4-6-8-22)31(18-23-11-9-21(3)10-12-23)27(32)19-34-25-15-13-24(29)14-16-25/h4-16,20,26H,17-19H2,1-3H3,(H,30,33)/t26-/m0/s1. The van der Waals surface area contributed by atoms with Gasteiger partial charge in [-0.3, -0.25) is 9.59 Å². The summed E-state index contributed by atoms with van der Waals surface area (Å²) in [4.78, 5) is 28.4. The summed E-state index contributed by atoms with van der Waals surface area (Å²) in [6.45, 7) is 5.95. The molecule has 34 heavy (non-hydrogen) atoms. The van der Waals surface area contributed by atoms with Crippen molar-refractivity contribution in [3.8, 4) is 5.75 Å². The maximum Gasteiger partial charge on any atom is 0.261 e. The van der Waals surface area contributed by atoms with Gasteiger partial charge >= 0.3 is 0 Å². The Kier molecular flexibility index (Phi) is 9.11. The molecule has 3 aromatic carbocycles. The van der Waals surface area contributed by atoms with E-state index in [4.69, 9.17) is 16.3 Å². The van der Waals surface area contributed by atoms with E-state index < -0.39 is 6.04 Å². The minimum Gasteiger partial charge on any atom is -0.484 e. The van der Waals surface area contributed by atoms with Gasteiger partial charge in [-0.15, -0.1) is 0 Å². The quantitative estimate of drug-likeness (QED) is 0.436. The number of aryl methyl sites for hydroxylation is 1. The first-order valence-electron chi connectivity index (χ1n) is 11.4. The van der Waals surface area contributed by atoms with Crippen LogP contribution in [0.25, 0.3) is 0 Å². The second-order valence-electron chi connectivity index (χ2n) is 8.62. The van der Waals surface area contributed by atoms with E-state index in [1.165, 1.54) is 0 Å². The van der Waals surface area contributed by atoms with Gasteiger partial charge in [-0.25, -0.2) is 0 Å². The lowest BCUT2D eigenvalue weighted by molar-refractivity contribution is -0.143. The Morgan fingerprint density at radius 1 is 0.912 bits per heavy atom. The summed E-state index contributed by atoms with van der Waals surface area (Å²) in [5.74, 6) is 0.0837. The van der Waals surface area contributed by atoms with Crippen LogP contribution in [0.2, 0.25) is 5.02 Å². The van der Waals surface area contributed by atoms with Gasteiger partial charge in [0.05, 0.1) is 0 Å². The number of amides is 2. The average molecular weight is 479 g/mol. The zero-order chi connectivity index (χ0) is 24.5. The van der Waals surface area contributed by atoms with Crippen molar-refractivity contribution in [3.05, 3.63) is 101 Å². The van der Waals surface area contributed by atoms with Gasteiger partial charge in [0, 0.05) is 24.0 Å². The molecule has 0 saturated heterocycles. The maximum atomic E-state index is 13.5. The Hall–Kier alpha value is -3.31. The zero-order valence-corrected chi connectivity index (χ0v) is 20.6. The fourth-order valence-corrected chi connectivity index (χ4v) is 3.71. The molecule has 0 aliphatic rings. The molecule has 5 nitrogen and oxygen atoms in total. The number of nitrogens with one attached hydrogen (secondary N) is 1. The Bertz CT molecular complexity index is 1070. The summed E-state index contributed by atoms with van der Waals surface area (Å²) in [5, 5.41) is 3.58. The lowest BCUT2D eigenvalue weighted by Crippen LogP contribution is -2.52. The van der Waals surface area contributed by atoms with Gasteiger partial charge in [0.15, 0.2) is 6.61 Å². The SMILES string of the molecule is Cc1ccc(CN(C(=O)COc2ccc(Cl)cc2)[C@@H](Cc2ccccc2)C(=O)NC(C)C)cc1. The van der Waals surface area contributed by atoms with Crippen LogP contribution in [0, 0.1) is 6.92 Å². The first kappa shape index (κ1) is 25.3. The van der Waals surface area contributed by atoms with Crippen LogP contribution in [0.3, 0.4) is 0 Å². The van der Waals surface area contributed by atoms with Crippen molar-refractivity contribution in [1.82, 2.24) is 10.2 Å². The number of carbonyl (C=O) groups excluding carboxylic acids is 2. The third-order valence-corrected chi connectivity index (χ3v) is 5.60. The number of halogens is 1. The molecule has 6 heteroatoms. The van der Waals surface area contributed by atoms with E-state index >= 15 is 0 Å². The first-order valence-corrected chi connectivity index (χ1v) is 11.8. The van der Waals surface area contributed by atoms with E-state index in [0.717, 1.165) is 16.7 Å². The summed E-state index contributed by atoms with van der Waals surface area (Å²) in [6, 6.07) is 23.8. The topological polar surface area (TPSA) is 58.6 Å². The average Bonchev–Trinajstić information content (AvgIpc) is 2.82. The van der Waals surface area contributed by atoms with Crippen LogP contribution in [-0.4, -0.2) is 35.4 Å². The molecule has 0 unspecified atom stereocenters. The molecule has 0 heterocycles. The van der Waals surface area contributed by atoms with Gasteiger partial charge in [-0.05, 0) is 56.2 Å². The zero-order valence-electron chi connectivity index (χ0n) is 19.8. The molecule has 0 aliphatic carbocycles. The van der Waals surface area contributed by atoms with Crippen LogP contribution >= 0.6 is 11.6 Å². The molecule has 0 bridgehead atoms. The Morgan fingerprint density at radius 2 is 1.56 bits per heavy atom. The van der Waals surface area contributed by atoms with Crippen molar-refractivity contribution in [2.75, 3.05) is 6.61 Å². The fraction of sp³-hybridized carbons (Fsp3) is 0.286. The molecule has 0 saturated carbocycles. The Balaban J connectivity index is 1.89. The molecule has 0 aliphatic heterocycles. The normalized spacial score (nSPS) is 11.7. The molecule has 0 fully saturated rings. The van der Waals surface area contributed by atoms with Crippen LogP contribution < -0.4 is 10.1 Å². The minimum atomic E-state index is -0.688. The van der Waals surface area contributed by atoms with Crippen molar-refractivity contribution < 1.29 is 14.3 Å². The number of rotatable bonds is 10. The minimum absolute atomic E-state index is 0.0487. The van der Waals surface area contributed by atoms with E-state index in [1.54, 1.807) is 29.2 Å². The number of benzene rings is 3. The van der Waals surface area contributed by atoms with Gasteiger partial charge in [-0.2, -0.15) is 0 Å². The second-order valence-corrected chi connectivity index (χ2v) is 9.06. The third kappa shape index (κ3) is 7.63. The van der Waals surface area contributed by atoms with E-state index in [0.29, 0.717) is 23.7 Å². The van der Waals surface area contributed by atoms with Gasteiger partial charge in [0.25, 0.3) is 5.91 Å². The van der Waals surface area contributed by atoms with E-state index in [2.05, 4.69) is 5.32 Å². The number of nitrogens with zero attached hydrogens (tertiary/aromatic N) is 1. The second kappa shape index (κ2) is 12.2. The van der Waals surface area contributed by atoms with Crippen LogP contribution in [0.15, 0.2) is 78.9 Å². The van der Waals surface area contributed by atoms with Gasteiger partial charge in [0.1, 0.15) is 11.8 Å². The number of hydrogen-bond donors (Lipinski definition) is 1. The number of ether oxygens (including phenoxy) is 1. The monoisotopic (exact) mass is 478 g/mol. The molecule has 0 aromatic heterocycles. The lowest BCUT2D eigenvalue weighted by atomic mass is 10.0. The van der Waals surface area contributed by atoms with Crippen LogP contribution in [-0.2, 0) is 22.6 Å². The summed E-state index contributed by atoms with van der Waals surface area (Å²) in [6.07, 6.45) is 0.401. The summed E-state index contributed by atoms with van der Waals surface area (Å²) >= 11 is 5.95. The molecule has 0 spiro atoms. The molecular formula is C28H31ClN2O3. The molecule has 0 radical (unpaired) electrons. The highest BCUT2D eigenvalue weighted by Gasteiger charge is 2.31. The Labute approximate surface area is 206 Å². The molecule has 2 amide bonds. The number of hydrogen-bond acceptors (Lipinski definition) is 3. The van der Waals surface area contributed by atoms with Crippen LogP contribution in [0.1, 0.15) is 30.5 Å². The predicted octanol–water partition coefficient (Wildman–Crippen LogP) is 5.19. The molecule has 1 N–H and O–H groups in total. The maximum absolute atomic E-state index is 13.5. The summed E-state index contributed by atoms with van der Waals surface area (Å²) < 4.78 is 5.74. The smallest absolute Gasteiger partial charge is 0.261 e. The highest BCUT2D eigenvalue weighted by molar-refractivity contribution is 6.30. The molecule has 3 rings (SSSR count). The van der Waals surface area contributed by atoms with Crippen molar-refractivity contribution in [1.29, 1.82) is 0 Å². The predicted molar refractivity (Wildman–Crippen MR) is 136 cm³/mol. The van der Waals surface area contributed by atoms with Crippen molar-refractivity contribution >= 4 is 23.4 Å². The Morgan fingerprint density at radius 3 is 2.18 bits per heavy atom. The van der Waals surface area contributed by atoms with Crippen molar-refractivity contribution in [2.24, 2.45) is 0 Å². The van der Waals surface area contributed by atoms with Crippen LogP contribution in [0.4, 0.5) is 0 Å². The largest absolute Gasteiger partial charge is 0.484 e. The van der Waals surface area contributed by atoms with E-state index in [-0.39, 0.29) is 24.5 Å². The first-order chi connectivity index (χ1) is 16.3. The fourth-order valence-electron chi connectivity index (χ4n) is 3.58. The molecular weight excluding hydrogens is 448 g/mol. The summed E-state index contributed by atoms with van der Waals surface area (Å²) in [7, 11) is 0. The van der Waals surface area contributed by atoms with Gasteiger partial charge < -0.3 is 15.0 Å². The van der Waals surface area contributed by atoms with Crippen LogP contribution in [0.5, 0.6) is 5.75 Å². The number of carbonyl (C=O) groups is 2. The van der Waals surface area contributed by atoms with Gasteiger partial charge in [-0.1, -0.05) is 71.8 Å². The van der Waals surface area contributed by atoms with Gasteiger partial charge in [0.2, 0.25) is 5.91 Å². The highest BCUT2D eigenvalue weighted by Crippen LogP contribution is 2.18.